The molecule has 3 aromatic carbocycles. The van der Waals surface area contributed by atoms with Crippen molar-refractivity contribution in [2.45, 2.75) is 19.8 Å². The molecular formula is C32H37N4S+. The fraction of sp³-hybridized carbons (Fsp3) is 0.281. The van der Waals surface area contributed by atoms with Crippen molar-refractivity contribution in [2.75, 3.05) is 39.0 Å². The first-order valence-corrected chi connectivity index (χ1v) is 14.0. The predicted molar refractivity (Wildman–Crippen MR) is 159 cm³/mol. The van der Waals surface area contributed by atoms with Crippen molar-refractivity contribution in [1.29, 1.82) is 0 Å². The lowest BCUT2D eigenvalue weighted by molar-refractivity contribution is -0.642. The van der Waals surface area contributed by atoms with Gasteiger partial charge < -0.3 is 15.1 Å². The van der Waals surface area contributed by atoms with E-state index in [0.29, 0.717) is 0 Å². The number of nitrogens with zero attached hydrogens (tertiary/aromatic N) is 3. The first kappa shape index (κ1) is 25.2. The summed E-state index contributed by atoms with van der Waals surface area (Å²) >= 11 is 1.87. The van der Waals surface area contributed by atoms with E-state index in [0.717, 1.165) is 32.5 Å². The van der Waals surface area contributed by atoms with E-state index in [2.05, 4.69) is 133 Å². The van der Waals surface area contributed by atoms with Crippen molar-refractivity contribution in [3.05, 3.63) is 107 Å². The SMILES string of the molecule is CCCN(CCCN(C)C)C1=CC(=C(c2ccccc2)c2sc3ccccc3[n+]2C)c2ccccc2N1. The third-order valence-electron chi connectivity index (χ3n) is 6.91. The predicted octanol–water partition coefficient (Wildman–Crippen LogP) is 6.62. The molecule has 0 radical (unpaired) electrons. The van der Waals surface area contributed by atoms with E-state index in [-0.39, 0.29) is 0 Å². The van der Waals surface area contributed by atoms with Crippen molar-refractivity contribution in [3.8, 4) is 0 Å². The Morgan fingerprint density at radius 2 is 1.59 bits per heavy atom. The highest BCUT2D eigenvalue weighted by Gasteiger charge is 2.28. The maximum absolute atomic E-state index is 3.78. The Bertz CT molecular complexity index is 1430. The quantitative estimate of drug-likeness (QED) is 0.257. The van der Waals surface area contributed by atoms with Gasteiger partial charge in [0, 0.05) is 36.0 Å². The second-order valence-corrected chi connectivity index (χ2v) is 11.0. The molecule has 0 saturated carbocycles. The van der Waals surface area contributed by atoms with Crippen molar-refractivity contribution in [1.82, 2.24) is 9.80 Å². The van der Waals surface area contributed by atoms with Gasteiger partial charge in [0.1, 0.15) is 17.6 Å². The summed E-state index contributed by atoms with van der Waals surface area (Å²) in [6.45, 7) is 5.40. The molecule has 5 rings (SSSR count). The normalized spacial score (nSPS) is 14.4. The van der Waals surface area contributed by atoms with Crippen molar-refractivity contribution in [2.24, 2.45) is 7.05 Å². The summed E-state index contributed by atoms with van der Waals surface area (Å²) in [5.41, 5.74) is 7.46. The van der Waals surface area contributed by atoms with Gasteiger partial charge in [-0.25, -0.2) is 0 Å². The lowest BCUT2D eigenvalue weighted by Crippen LogP contribution is -2.33. The lowest BCUT2D eigenvalue weighted by Gasteiger charge is -2.32. The van der Waals surface area contributed by atoms with Crippen LogP contribution in [0.25, 0.3) is 21.4 Å². The summed E-state index contributed by atoms with van der Waals surface area (Å²) in [7, 11) is 6.49. The number of allylic oxidation sites excluding steroid dienone is 2. The molecule has 1 aliphatic rings. The van der Waals surface area contributed by atoms with Crippen LogP contribution in [0.2, 0.25) is 0 Å². The van der Waals surface area contributed by atoms with Crippen LogP contribution in [-0.2, 0) is 7.05 Å². The molecule has 4 nitrogen and oxygen atoms in total. The molecular weight excluding hydrogens is 472 g/mol. The summed E-state index contributed by atoms with van der Waals surface area (Å²) in [4.78, 5) is 4.79. The standard InChI is InChI=1S/C32H36N4S/c1-5-20-36(22-13-21-34(2)3)30-23-26(25-16-9-10-17-27(25)33-30)31(24-14-7-6-8-15-24)32-35(4)28-18-11-12-19-29(28)37-32/h6-12,14-19,23H,5,13,20-22H2,1-4H3/p+1. The van der Waals surface area contributed by atoms with Gasteiger partial charge in [-0.05, 0) is 57.3 Å². The summed E-state index contributed by atoms with van der Waals surface area (Å²) in [6, 6.07) is 28.3. The largest absolute Gasteiger partial charge is 0.358 e. The third kappa shape index (κ3) is 5.34. The Morgan fingerprint density at radius 3 is 2.35 bits per heavy atom. The smallest absolute Gasteiger partial charge is 0.271 e. The minimum Gasteiger partial charge on any atom is -0.358 e. The number of para-hydroxylation sites is 2. The minimum atomic E-state index is 1.03. The van der Waals surface area contributed by atoms with Crippen LogP contribution in [0.3, 0.4) is 0 Å². The molecule has 0 amide bonds. The summed E-state index contributed by atoms with van der Waals surface area (Å²) in [6.07, 6.45) is 4.63. The third-order valence-corrected chi connectivity index (χ3v) is 8.15. The molecule has 0 spiro atoms. The zero-order valence-electron chi connectivity index (χ0n) is 22.4. The molecule has 1 N–H and O–H groups in total. The lowest BCUT2D eigenvalue weighted by atomic mass is 9.91. The Balaban J connectivity index is 1.73. The molecule has 1 aromatic heterocycles. The Kier molecular flexibility index (Phi) is 7.73. The highest BCUT2D eigenvalue weighted by Crippen LogP contribution is 2.41. The van der Waals surface area contributed by atoms with Gasteiger partial charge in [-0.3, -0.25) is 0 Å². The Morgan fingerprint density at radius 1 is 0.865 bits per heavy atom. The van der Waals surface area contributed by atoms with E-state index in [1.165, 1.54) is 49.0 Å². The molecule has 0 atom stereocenters. The van der Waals surface area contributed by atoms with Gasteiger partial charge in [0.25, 0.3) is 5.01 Å². The number of thiazole rings is 1. The van der Waals surface area contributed by atoms with Gasteiger partial charge in [0.05, 0.1) is 5.57 Å². The van der Waals surface area contributed by atoms with Crippen LogP contribution >= 0.6 is 11.3 Å². The Hall–Kier alpha value is -3.41. The molecule has 4 aromatic rings. The molecule has 37 heavy (non-hydrogen) atoms. The van der Waals surface area contributed by atoms with Gasteiger partial charge in [-0.15, -0.1) is 0 Å². The van der Waals surface area contributed by atoms with E-state index in [9.17, 15) is 0 Å². The number of aryl methyl sites for hydroxylation is 1. The molecule has 0 unspecified atom stereocenters. The molecule has 0 bridgehead atoms. The topological polar surface area (TPSA) is 22.4 Å². The number of nitrogens with one attached hydrogen (secondary N) is 1. The van der Waals surface area contributed by atoms with Crippen LogP contribution in [0.4, 0.5) is 5.69 Å². The summed E-state index contributed by atoms with van der Waals surface area (Å²) < 4.78 is 3.66. The van der Waals surface area contributed by atoms with Crippen LogP contribution in [0, 0.1) is 0 Å². The number of benzene rings is 3. The van der Waals surface area contributed by atoms with Crippen molar-refractivity contribution in [3.63, 3.8) is 0 Å². The van der Waals surface area contributed by atoms with Crippen LogP contribution in [0.15, 0.2) is 90.8 Å². The number of rotatable bonds is 9. The number of aromatic nitrogens is 1. The molecule has 5 heteroatoms. The molecule has 190 valence electrons. The maximum Gasteiger partial charge on any atom is 0.271 e. The zero-order chi connectivity index (χ0) is 25.8. The Labute approximate surface area is 225 Å². The van der Waals surface area contributed by atoms with Crippen LogP contribution in [-0.4, -0.2) is 43.5 Å². The second kappa shape index (κ2) is 11.3. The van der Waals surface area contributed by atoms with Gasteiger partial charge in [0.2, 0.25) is 5.52 Å². The second-order valence-electron chi connectivity index (χ2n) is 9.93. The van der Waals surface area contributed by atoms with Gasteiger partial charge in [0.15, 0.2) is 0 Å². The molecule has 0 saturated heterocycles. The molecule has 2 heterocycles. The highest BCUT2D eigenvalue weighted by molar-refractivity contribution is 7.19. The van der Waals surface area contributed by atoms with Crippen molar-refractivity contribution >= 4 is 38.4 Å². The summed E-state index contributed by atoms with van der Waals surface area (Å²) in [5, 5.41) is 5.05. The number of hydrogen-bond donors (Lipinski definition) is 1. The maximum atomic E-state index is 3.78. The average Bonchev–Trinajstić information content (AvgIpc) is 3.24. The van der Waals surface area contributed by atoms with E-state index < -0.39 is 0 Å². The van der Waals surface area contributed by atoms with E-state index in [1.807, 2.05) is 11.3 Å². The van der Waals surface area contributed by atoms with Crippen LogP contribution in [0.1, 0.15) is 35.9 Å². The fourth-order valence-corrected chi connectivity index (χ4v) is 6.34. The number of fused-ring (bicyclic) bond motifs is 2. The summed E-state index contributed by atoms with van der Waals surface area (Å²) in [5.74, 6) is 1.19. The van der Waals surface area contributed by atoms with E-state index >= 15 is 0 Å². The van der Waals surface area contributed by atoms with Crippen LogP contribution in [0.5, 0.6) is 0 Å². The molecule has 0 aliphatic carbocycles. The fourth-order valence-electron chi connectivity index (χ4n) is 5.11. The van der Waals surface area contributed by atoms with Crippen LogP contribution < -0.4 is 9.88 Å². The van der Waals surface area contributed by atoms with E-state index in [1.54, 1.807) is 0 Å². The van der Waals surface area contributed by atoms with Gasteiger partial charge >= 0.3 is 0 Å². The van der Waals surface area contributed by atoms with E-state index in [4.69, 9.17) is 0 Å². The molecule has 0 fully saturated rings. The number of hydrogen-bond acceptors (Lipinski definition) is 4. The van der Waals surface area contributed by atoms with Gasteiger partial charge in [-0.1, -0.05) is 78.9 Å². The average molecular weight is 510 g/mol. The monoisotopic (exact) mass is 509 g/mol. The molecule has 1 aliphatic heterocycles. The minimum absolute atomic E-state index is 1.03. The zero-order valence-corrected chi connectivity index (χ0v) is 23.2. The highest BCUT2D eigenvalue weighted by atomic mass is 32.1. The first-order valence-electron chi connectivity index (χ1n) is 13.2. The first-order chi connectivity index (χ1) is 18.1. The number of anilines is 1. The van der Waals surface area contributed by atoms with Crippen molar-refractivity contribution < 1.29 is 4.57 Å². The van der Waals surface area contributed by atoms with Gasteiger partial charge in [-0.2, -0.15) is 4.57 Å².